The van der Waals surface area contributed by atoms with Crippen LogP contribution >= 0.6 is 0 Å². The van der Waals surface area contributed by atoms with Gasteiger partial charge < -0.3 is 15.2 Å². The molecule has 2 aromatic carbocycles. The zero-order valence-electron chi connectivity index (χ0n) is 12.4. The van der Waals surface area contributed by atoms with Crippen LogP contribution in [0.5, 0.6) is 11.5 Å². The van der Waals surface area contributed by atoms with Crippen LogP contribution in [0.4, 0.5) is 5.69 Å². The van der Waals surface area contributed by atoms with Gasteiger partial charge in [-0.05, 0) is 38.0 Å². The van der Waals surface area contributed by atoms with Crippen molar-refractivity contribution in [1.29, 1.82) is 0 Å². The van der Waals surface area contributed by atoms with Gasteiger partial charge in [0.15, 0.2) is 0 Å². The molecule has 4 nitrogen and oxygen atoms in total. The van der Waals surface area contributed by atoms with E-state index in [0.29, 0.717) is 11.4 Å². The van der Waals surface area contributed by atoms with Gasteiger partial charge in [-0.3, -0.25) is 4.99 Å². The second kappa shape index (κ2) is 8.55. The smallest absolute Gasteiger partial charge is 0.129 e. The first-order chi connectivity index (χ1) is 10.2. The molecule has 0 spiro atoms. The molecule has 0 unspecified atom stereocenters. The highest BCUT2D eigenvalue weighted by Gasteiger charge is 2.08. The first-order valence-corrected chi connectivity index (χ1v) is 6.39. The van der Waals surface area contributed by atoms with Crippen molar-refractivity contribution < 1.29 is 9.47 Å². The Balaban J connectivity index is 0.00000106. The number of rotatable bonds is 5. The number of aliphatic imine (C=N–C) groups is 1. The van der Waals surface area contributed by atoms with Crippen LogP contribution in [0, 0.1) is 0 Å². The largest absolute Gasteiger partial charge is 0.497 e. The van der Waals surface area contributed by atoms with E-state index in [-0.39, 0.29) is 0 Å². The maximum absolute atomic E-state index is 5.69. The summed E-state index contributed by atoms with van der Waals surface area (Å²) in [4.78, 5) is 3.97. The Labute approximate surface area is 125 Å². The average molecular weight is 284 g/mol. The van der Waals surface area contributed by atoms with Crippen molar-refractivity contribution >= 4 is 18.2 Å². The van der Waals surface area contributed by atoms with Crippen LogP contribution in [0.2, 0.25) is 0 Å². The van der Waals surface area contributed by atoms with E-state index in [0.717, 1.165) is 17.1 Å². The molecule has 0 aromatic heterocycles. The Bertz CT molecular complexity index is 595. The third-order valence-corrected chi connectivity index (χ3v) is 2.66. The molecule has 2 N–H and O–H groups in total. The van der Waals surface area contributed by atoms with Gasteiger partial charge in [-0.25, -0.2) is 0 Å². The molecule has 110 valence electrons. The van der Waals surface area contributed by atoms with E-state index < -0.39 is 0 Å². The van der Waals surface area contributed by atoms with Gasteiger partial charge in [-0.1, -0.05) is 24.8 Å². The Hall–Kier alpha value is -2.59. The van der Waals surface area contributed by atoms with Gasteiger partial charge in [0.25, 0.3) is 0 Å². The molecule has 0 heterocycles. The van der Waals surface area contributed by atoms with Crippen LogP contribution in [0.1, 0.15) is 5.56 Å². The number of nitrogens with two attached hydrogens (primary N) is 1. The van der Waals surface area contributed by atoms with Crippen molar-refractivity contribution in [3.63, 3.8) is 0 Å². The van der Waals surface area contributed by atoms with Crippen LogP contribution in [-0.4, -0.2) is 20.9 Å². The SMILES string of the molecule is C=Nc1cc(OC)ccc1C(=C)Oc1ccccc1.CN. The van der Waals surface area contributed by atoms with Crippen LogP contribution in [-0.2, 0) is 0 Å². The van der Waals surface area contributed by atoms with E-state index in [2.05, 4.69) is 24.0 Å². The molecule has 4 heteroatoms. The predicted octanol–water partition coefficient (Wildman–Crippen LogP) is 3.65. The second-order valence-corrected chi connectivity index (χ2v) is 3.88. The minimum absolute atomic E-state index is 0.524. The highest BCUT2D eigenvalue weighted by Crippen LogP contribution is 2.30. The van der Waals surface area contributed by atoms with Crippen LogP contribution in [0.3, 0.4) is 0 Å². The van der Waals surface area contributed by atoms with Crippen LogP contribution in [0.15, 0.2) is 60.1 Å². The van der Waals surface area contributed by atoms with Crippen molar-refractivity contribution in [3.8, 4) is 11.5 Å². The lowest BCUT2D eigenvalue weighted by molar-refractivity contribution is 0.415. The lowest BCUT2D eigenvalue weighted by Crippen LogP contribution is -1.94. The average Bonchev–Trinajstić information content (AvgIpc) is 2.56. The Morgan fingerprint density at radius 3 is 2.29 bits per heavy atom. The molecular formula is C17H20N2O2. The normalized spacial score (nSPS) is 9.10. The molecule has 0 aliphatic heterocycles. The molecule has 21 heavy (non-hydrogen) atoms. The zero-order valence-corrected chi connectivity index (χ0v) is 12.4. The molecule has 0 aliphatic carbocycles. The van der Waals surface area contributed by atoms with Gasteiger partial charge in [0.2, 0.25) is 0 Å². The third-order valence-electron chi connectivity index (χ3n) is 2.66. The fourth-order valence-electron chi connectivity index (χ4n) is 1.69. The lowest BCUT2D eigenvalue weighted by Gasteiger charge is -2.11. The van der Waals surface area contributed by atoms with Gasteiger partial charge in [0.05, 0.1) is 12.8 Å². The zero-order chi connectivity index (χ0) is 15.7. The predicted molar refractivity (Wildman–Crippen MR) is 88.4 cm³/mol. The van der Waals surface area contributed by atoms with E-state index in [9.17, 15) is 0 Å². The highest BCUT2D eigenvalue weighted by molar-refractivity contribution is 5.73. The molecule has 0 saturated heterocycles. The summed E-state index contributed by atoms with van der Waals surface area (Å²) in [5.74, 6) is 1.98. The number of methoxy groups -OCH3 is 1. The quantitative estimate of drug-likeness (QED) is 0.673. The molecule has 0 amide bonds. The van der Waals surface area contributed by atoms with E-state index in [4.69, 9.17) is 9.47 Å². The Kier molecular flexibility index (Phi) is 6.71. The first-order valence-electron chi connectivity index (χ1n) is 6.39. The standard InChI is InChI=1S/C16H15NO2.CH5N/c1-12(19-13-7-5-4-6-8-13)15-10-9-14(18-3)11-16(15)17-2;1-2/h4-11H,1-2H2,3H3;2H2,1H3. The van der Waals surface area contributed by atoms with Gasteiger partial charge in [0.1, 0.15) is 17.3 Å². The number of hydrogen-bond donors (Lipinski definition) is 1. The van der Waals surface area contributed by atoms with Crippen molar-refractivity contribution in [2.75, 3.05) is 14.2 Å². The van der Waals surface area contributed by atoms with Crippen molar-refractivity contribution in [2.45, 2.75) is 0 Å². The summed E-state index contributed by atoms with van der Waals surface area (Å²) in [6.45, 7) is 7.49. The molecule has 2 rings (SSSR count). The molecule has 0 saturated carbocycles. The maximum Gasteiger partial charge on any atom is 0.129 e. The summed E-state index contributed by atoms with van der Waals surface area (Å²) in [7, 11) is 3.11. The lowest BCUT2D eigenvalue weighted by atomic mass is 10.1. The van der Waals surface area contributed by atoms with E-state index >= 15 is 0 Å². The highest BCUT2D eigenvalue weighted by atomic mass is 16.5. The van der Waals surface area contributed by atoms with E-state index in [1.165, 1.54) is 7.05 Å². The molecule has 0 bridgehead atoms. The van der Waals surface area contributed by atoms with Gasteiger partial charge in [-0.15, -0.1) is 0 Å². The molecule has 0 radical (unpaired) electrons. The number of hydrogen-bond acceptors (Lipinski definition) is 4. The molecule has 2 aromatic rings. The summed E-state index contributed by atoms with van der Waals surface area (Å²) < 4.78 is 10.8. The van der Waals surface area contributed by atoms with Crippen molar-refractivity contribution in [3.05, 3.63) is 60.7 Å². The third kappa shape index (κ3) is 4.47. The van der Waals surface area contributed by atoms with Gasteiger partial charge >= 0.3 is 0 Å². The van der Waals surface area contributed by atoms with Crippen molar-refractivity contribution in [1.82, 2.24) is 0 Å². The summed E-state index contributed by atoms with van der Waals surface area (Å²) in [5.41, 5.74) is 5.97. The van der Waals surface area contributed by atoms with E-state index in [1.807, 2.05) is 42.5 Å². The molecule has 0 aliphatic rings. The fourth-order valence-corrected chi connectivity index (χ4v) is 1.69. The molecular weight excluding hydrogens is 264 g/mol. The number of nitrogens with zero attached hydrogens (tertiary/aromatic N) is 1. The minimum Gasteiger partial charge on any atom is -0.497 e. The number of benzene rings is 2. The van der Waals surface area contributed by atoms with Crippen molar-refractivity contribution in [2.24, 2.45) is 10.7 Å². The monoisotopic (exact) mass is 284 g/mol. The summed E-state index contributed by atoms with van der Waals surface area (Å²) in [6.07, 6.45) is 0. The first kappa shape index (κ1) is 16.5. The second-order valence-electron chi connectivity index (χ2n) is 3.88. The summed E-state index contributed by atoms with van der Waals surface area (Å²) in [6, 6.07) is 15.0. The molecule has 0 atom stereocenters. The van der Waals surface area contributed by atoms with Crippen LogP contribution < -0.4 is 15.2 Å². The summed E-state index contributed by atoms with van der Waals surface area (Å²) in [5, 5.41) is 0. The Morgan fingerprint density at radius 2 is 1.71 bits per heavy atom. The van der Waals surface area contributed by atoms with Crippen LogP contribution in [0.25, 0.3) is 5.76 Å². The Morgan fingerprint density at radius 1 is 1.05 bits per heavy atom. The van der Waals surface area contributed by atoms with E-state index in [1.54, 1.807) is 13.2 Å². The fraction of sp³-hybridized carbons (Fsp3) is 0.118. The van der Waals surface area contributed by atoms with Gasteiger partial charge in [-0.2, -0.15) is 0 Å². The topological polar surface area (TPSA) is 56.8 Å². The van der Waals surface area contributed by atoms with Gasteiger partial charge in [0, 0.05) is 11.6 Å². The minimum atomic E-state index is 0.524. The number of ether oxygens (including phenoxy) is 2. The maximum atomic E-state index is 5.69. The molecule has 0 fully saturated rings. The summed E-state index contributed by atoms with van der Waals surface area (Å²) >= 11 is 0. The number of para-hydroxylation sites is 1.